The molecule has 1 rings (SSSR count). The van der Waals surface area contributed by atoms with Crippen LogP contribution in [0.1, 0.15) is 32.4 Å². The van der Waals surface area contributed by atoms with Crippen molar-refractivity contribution < 1.29 is 5.11 Å². The van der Waals surface area contributed by atoms with Crippen LogP contribution in [0, 0.1) is 6.92 Å². The molecule has 1 heterocycles. The van der Waals surface area contributed by atoms with E-state index in [0.717, 1.165) is 18.2 Å². The van der Waals surface area contributed by atoms with Crippen LogP contribution in [0.2, 0.25) is 0 Å². The number of rotatable bonds is 5. The van der Waals surface area contributed by atoms with Crippen molar-refractivity contribution in [2.75, 3.05) is 6.54 Å². The maximum Gasteiger partial charge on any atom is 0.146 e. The Morgan fingerprint density at radius 3 is 2.31 bits per heavy atom. The van der Waals surface area contributed by atoms with Gasteiger partial charge in [-0.1, -0.05) is 0 Å². The predicted molar refractivity (Wildman–Crippen MR) is 63.0 cm³/mol. The van der Waals surface area contributed by atoms with E-state index in [9.17, 15) is 5.11 Å². The minimum absolute atomic E-state index is 0.322. The van der Waals surface area contributed by atoms with Gasteiger partial charge in [-0.15, -0.1) is 10.2 Å². The fourth-order valence-corrected chi connectivity index (χ4v) is 1.57. The van der Waals surface area contributed by atoms with Crippen molar-refractivity contribution in [2.24, 2.45) is 7.05 Å². The van der Waals surface area contributed by atoms with E-state index in [-0.39, 0.29) is 6.10 Å². The Morgan fingerprint density at radius 1 is 1.31 bits per heavy atom. The van der Waals surface area contributed by atoms with Gasteiger partial charge in [-0.05, 0) is 27.7 Å². The Morgan fingerprint density at radius 2 is 1.94 bits per heavy atom. The molecule has 0 aliphatic heterocycles. The summed E-state index contributed by atoms with van der Waals surface area (Å²) < 4.78 is 1.98. The summed E-state index contributed by atoms with van der Waals surface area (Å²) in [5, 5.41) is 17.6. The van der Waals surface area contributed by atoms with E-state index in [1.165, 1.54) is 0 Å². The van der Waals surface area contributed by atoms with Crippen LogP contribution in [-0.2, 0) is 13.6 Å². The van der Waals surface area contributed by atoms with Crippen LogP contribution in [0.4, 0.5) is 0 Å². The zero-order valence-corrected chi connectivity index (χ0v) is 10.8. The maximum absolute atomic E-state index is 9.44. The summed E-state index contributed by atoms with van der Waals surface area (Å²) in [6, 6.07) is 0.381. The van der Waals surface area contributed by atoms with Gasteiger partial charge in [-0.25, -0.2) is 0 Å². The summed E-state index contributed by atoms with van der Waals surface area (Å²) in [6.07, 6.45) is -0.322. The smallest absolute Gasteiger partial charge is 0.146 e. The number of nitrogens with zero attached hydrogens (tertiary/aromatic N) is 4. The second-order valence-electron chi connectivity index (χ2n) is 4.59. The third-order valence-corrected chi connectivity index (χ3v) is 2.76. The molecular weight excluding hydrogens is 204 g/mol. The molecule has 0 amide bonds. The highest BCUT2D eigenvalue weighted by atomic mass is 16.3. The van der Waals surface area contributed by atoms with Gasteiger partial charge in [0.2, 0.25) is 0 Å². The number of hydrogen-bond acceptors (Lipinski definition) is 4. The van der Waals surface area contributed by atoms with Crippen LogP contribution in [0.25, 0.3) is 0 Å². The summed E-state index contributed by atoms with van der Waals surface area (Å²) in [7, 11) is 1.96. The fourth-order valence-electron chi connectivity index (χ4n) is 1.57. The predicted octanol–water partition coefficient (Wildman–Crippen LogP) is 0.715. The summed E-state index contributed by atoms with van der Waals surface area (Å²) in [5.41, 5.74) is 0. The van der Waals surface area contributed by atoms with Crippen LogP contribution in [0.5, 0.6) is 0 Å². The summed E-state index contributed by atoms with van der Waals surface area (Å²) in [6.45, 7) is 9.35. The summed E-state index contributed by atoms with van der Waals surface area (Å²) >= 11 is 0. The molecule has 5 nitrogen and oxygen atoms in total. The molecule has 1 aromatic rings. The van der Waals surface area contributed by atoms with Crippen LogP contribution in [0.15, 0.2) is 0 Å². The minimum Gasteiger partial charge on any atom is -0.392 e. The Bertz CT molecular complexity index is 333. The van der Waals surface area contributed by atoms with Crippen LogP contribution >= 0.6 is 0 Å². The van der Waals surface area contributed by atoms with E-state index in [0.29, 0.717) is 12.6 Å². The quantitative estimate of drug-likeness (QED) is 0.803. The fraction of sp³-hybridized carbons (Fsp3) is 0.818. The molecule has 5 heteroatoms. The van der Waals surface area contributed by atoms with E-state index >= 15 is 0 Å². The monoisotopic (exact) mass is 226 g/mol. The highest BCUT2D eigenvalue weighted by molar-refractivity contribution is 4.92. The second kappa shape index (κ2) is 5.41. The van der Waals surface area contributed by atoms with E-state index in [2.05, 4.69) is 28.9 Å². The number of aliphatic hydroxyl groups excluding tert-OH is 1. The molecule has 0 aliphatic rings. The average Bonchev–Trinajstić information content (AvgIpc) is 2.47. The summed E-state index contributed by atoms with van der Waals surface area (Å²) in [5.74, 6) is 1.85. The van der Waals surface area contributed by atoms with E-state index in [1.54, 1.807) is 6.92 Å². The lowest BCUT2D eigenvalue weighted by Gasteiger charge is -2.27. The van der Waals surface area contributed by atoms with Gasteiger partial charge in [-0.2, -0.15) is 0 Å². The normalized spacial score (nSPS) is 13.8. The molecule has 0 aliphatic carbocycles. The molecular formula is C11H22N4O. The van der Waals surface area contributed by atoms with Gasteiger partial charge in [0, 0.05) is 19.6 Å². The van der Waals surface area contributed by atoms with Gasteiger partial charge in [-0.3, -0.25) is 4.90 Å². The lowest BCUT2D eigenvalue weighted by Crippen LogP contribution is -2.36. The number of aromatic nitrogens is 3. The molecule has 0 saturated heterocycles. The minimum atomic E-state index is -0.322. The third-order valence-electron chi connectivity index (χ3n) is 2.76. The number of aliphatic hydroxyl groups is 1. The molecule has 92 valence electrons. The maximum atomic E-state index is 9.44. The van der Waals surface area contributed by atoms with Crippen molar-refractivity contribution in [3.8, 4) is 0 Å². The highest BCUT2D eigenvalue weighted by Gasteiger charge is 2.15. The van der Waals surface area contributed by atoms with E-state index in [4.69, 9.17) is 0 Å². The molecule has 0 saturated carbocycles. The molecule has 1 atom stereocenters. The van der Waals surface area contributed by atoms with Crippen molar-refractivity contribution in [2.45, 2.75) is 46.4 Å². The molecule has 1 aromatic heterocycles. The van der Waals surface area contributed by atoms with Crippen LogP contribution in [-0.4, -0.2) is 43.5 Å². The van der Waals surface area contributed by atoms with Crippen molar-refractivity contribution in [3.05, 3.63) is 11.6 Å². The Kier molecular flexibility index (Phi) is 4.44. The van der Waals surface area contributed by atoms with Crippen molar-refractivity contribution in [1.82, 2.24) is 19.7 Å². The lowest BCUT2D eigenvalue weighted by molar-refractivity contribution is 0.100. The molecule has 0 radical (unpaired) electrons. The second-order valence-corrected chi connectivity index (χ2v) is 4.59. The largest absolute Gasteiger partial charge is 0.392 e. The molecule has 0 aromatic carbocycles. The molecule has 0 fully saturated rings. The molecule has 0 bridgehead atoms. The van der Waals surface area contributed by atoms with Crippen LogP contribution in [0.3, 0.4) is 0 Å². The molecule has 16 heavy (non-hydrogen) atoms. The first-order valence-corrected chi connectivity index (χ1v) is 5.68. The zero-order valence-electron chi connectivity index (χ0n) is 10.8. The van der Waals surface area contributed by atoms with Crippen molar-refractivity contribution in [1.29, 1.82) is 0 Å². The SMILES string of the molecule is Cc1nnc(CN(CC(C)O)C(C)C)n1C. The first kappa shape index (κ1) is 13.1. The van der Waals surface area contributed by atoms with Gasteiger partial charge >= 0.3 is 0 Å². The van der Waals surface area contributed by atoms with Gasteiger partial charge in [0.15, 0.2) is 0 Å². The summed E-state index contributed by atoms with van der Waals surface area (Å²) in [4.78, 5) is 2.19. The molecule has 1 unspecified atom stereocenters. The van der Waals surface area contributed by atoms with Crippen molar-refractivity contribution in [3.63, 3.8) is 0 Å². The first-order chi connectivity index (χ1) is 7.41. The van der Waals surface area contributed by atoms with Gasteiger partial charge < -0.3 is 9.67 Å². The lowest BCUT2D eigenvalue weighted by atomic mass is 10.2. The van der Waals surface area contributed by atoms with Gasteiger partial charge in [0.1, 0.15) is 11.6 Å². The van der Waals surface area contributed by atoms with E-state index < -0.39 is 0 Å². The Balaban J connectivity index is 2.72. The highest BCUT2D eigenvalue weighted by Crippen LogP contribution is 2.07. The zero-order chi connectivity index (χ0) is 12.3. The van der Waals surface area contributed by atoms with E-state index in [1.807, 2.05) is 18.5 Å². The first-order valence-electron chi connectivity index (χ1n) is 5.68. The number of aryl methyl sites for hydroxylation is 1. The molecule has 1 N–H and O–H groups in total. The Hall–Kier alpha value is -0.940. The topological polar surface area (TPSA) is 54.2 Å². The third kappa shape index (κ3) is 3.28. The van der Waals surface area contributed by atoms with Crippen molar-refractivity contribution >= 4 is 0 Å². The number of hydrogen-bond donors (Lipinski definition) is 1. The standard InChI is InChI=1S/C11H22N4O/c1-8(2)15(6-9(3)16)7-11-13-12-10(4)14(11)5/h8-9,16H,6-7H2,1-5H3. The Labute approximate surface area is 97.1 Å². The average molecular weight is 226 g/mol. The van der Waals surface area contributed by atoms with Crippen LogP contribution < -0.4 is 0 Å². The van der Waals surface area contributed by atoms with Gasteiger partial charge in [0.05, 0.1) is 12.6 Å². The molecule has 0 spiro atoms. The van der Waals surface area contributed by atoms with Gasteiger partial charge in [0.25, 0.3) is 0 Å².